The number of hydrogen-bond acceptors (Lipinski definition) is 3. The van der Waals surface area contributed by atoms with Gasteiger partial charge < -0.3 is 15.2 Å². The first-order valence-corrected chi connectivity index (χ1v) is 5.79. The zero-order chi connectivity index (χ0) is 12.3. The third-order valence-electron chi connectivity index (χ3n) is 3.42. The molecule has 3 nitrogen and oxygen atoms in total. The van der Waals surface area contributed by atoms with Crippen LogP contribution in [0.5, 0.6) is 0 Å². The van der Waals surface area contributed by atoms with Crippen LogP contribution in [-0.4, -0.2) is 30.6 Å². The SMILES string of the molecule is O=CC1CC(c2ccc(F)cc2)C(CO)CN1. The first kappa shape index (κ1) is 12.2. The second-order valence-corrected chi connectivity index (χ2v) is 4.49. The molecule has 3 unspecified atom stereocenters. The quantitative estimate of drug-likeness (QED) is 0.773. The maximum absolute atomic E-state index is 12.9. The van der Waals surface area contributed by atoms with E-state index in [9.17, 15) is 14.3 Å². The lowest BCUT2D eigenvalue weighted by molar-refractivity contribution is -0.110. The van der Waals surface area contributed by atoms with Crippen LogP contribution in [0.15, 0.2) is 24.3 Å². The standard InChI is InChI=1S/C13H16FNO2/c14-11-3-1-9(2-4-11)13-5-12(8-17)15-6-10(13)7-16/h1-4,8,10,12-13,15-16H,5-7H2. The average Bonchev–Trinajstić information content (AvgIpc) is 2.39. The molecule has 92 valence electrons. The molecule has 0 aromatic heterocycles. The van der Waals surface area contributed by atoms with Crippen LogP contribution < -0.4 is 5.32 Å². The number of nitrogens with one attached hydrogen (secondary N) is 1. The number of carbonyl (C=O) groups excluding carboxylic acids is 1. The smallest absolute Gasteiger partial charge is 0.136 e. The molecule has 17 heavy (non-hydrogen) atoms. The van der Waals surface area contributed by atoms with Crippen molar-refractivity contribution in [2.24, 2.45) is 5.92 Å². The minimum Gasteiger partial charge on any atom is -0.396 e. The molecular formula is C13H16FNO2. The molecule has 3 atom stereocenters. The Kier molecular flexibility index (Phi) is 3.86. The molecule has 2 rings (SSSR count). The average molecular weight is 237 g/mol. The Hall–Kier alpha value is -1.26. The van der Waals surface area contributed by atoms with Gasteiger partial charge in [0.05, 0.1) is 6.04 Å². The molecular weight excluding hydrogens is 221 g/mol. The predicted octanol–water partition coefficient (Wildman–Crippen LogP) is 1.08. The number of rotatable bonds is 3. The molecule has 1 saturated heterocycles. The fraction of sp³-hybridized carbons (Fsp3) is 0.462. The zero-order valence-electron chi connectivity index (χ0n) is 9.47. The summed E-state index contributed by atoms with van der Waals surface area (Å²) < 4.78 is 12.9. The number of benzene rings is 1. The summed E-state index contributed by atoms with van der Waals surface area (Å²) in [6.07, 6.45) is 1.55. The Morgan fingerprint density at radius 2 is 2.12 bits per heavy atom. The topological polar surface area (TPSA) is 49.3 Å². The van der Waals surface area contributed by atoms with Crippen molar-refractivity contribution in [3.8, 4) is 0 Å². The molecule has 1 aromatic carbocycles. The predicted molar refractivity (Wildman–Crippen MR) is 62.2 cm³/mol. The number of piperidine rings is 1. The largest absolute Gasteiger partial charge is 0.396 e. The van der Waals surface area contributed by atoms with Crippen molar-refractivity contribution in [2.45, 2.75) is 18.4 Å². The van der Waals surface area contributed by atoms with Gasteiger partial charge in [-0.2, -0.15) is 0 Å². The molecule has 4 heteroatoms. The van der Waals surface area contributed by atoms with E-state index in [1.54, 1.807) is 12.1 Å². The molecule has 1 aliphatic heterocycles. The first-order chi connectivity index (χ1) is 8.24. The van der Waals surface area contributed by atoms with Gasteiger partial charge in [-0.15, -0.1) is 0 Å². The Bertz CT molecular complexity index is 380. The summed E-state index contributed by atoms with van der Waals surface area (Å²) >= 11 is 0. The van der Waals surface area contributed by atoms with Crippen molar-refractivity contribution in [1.29, 1.82) is 0 Å². The monoisotopic (exact) mass is 237 g/mol. The van der Waals surface area contributed by atoms with E-state index in [4.69, 9.17) is 0 Å². The van der Waals surface area contributed by atoms with Gasteiger partial charge >= 0.3 is 0 Å². The fourth-order valence-corrected chi connectivity index (χ4v) is 2.41. The van der Waals surface area contributed by atoms with E-state index in [0.29, 0.717) is 13.0 Å². The highest BCUT2D eigenvalue weighted by atomic mass is 19.1. The van der Waals surface area contributed by atoms with Gasteiger partial charge in [-0.3, -0.25) is 0 Å². The molecule has 1 aliphatic rings. The van der Waals surface area contributed by atoms with E-state index >= 15 is 0 Å². The number of aliphatic hydroxyl groups is 1. The van der Waals surface area contributed by atoms with Crippen LogP contribution in [0.25, 0.3) is 0 Å². The van der Waals surface area contributed by atoms with E-state index in [1.807, 2.05) is 0 Å². The Balaban J connectivity index is 2.19. The van der Waals surface area contributed by atoms with Crippen LogP contribution in [-0.2, 0) is 4.79 Å². The Labute approximate surface area is 99.7 Å². The first-order valence-electron chi connectivity index (χ1n) is 5.79. The van der Waals surface area contributed by atoms with Gasteiger partial charge in [0.25, 0.3) is 0 Å². The molecule has 0 saturated carbocycles. The summed E-state index contributed by atoms with van der Waals surface area (Å²) in [4.78, 5) is 10.8. The number of halogens is 1. The summed E-state index contributed by atoms with van der Waals surface area (Å²) in [5.41, 5.74) is 0.985. The maximum Gasteiger partial charge on any atom is 0.136 e. The van der Waals surface area contributed by atoms with Gasteiger partial charge in [0.15, 0.2) is 0 Å². The minimum absolute atomic E-state index is 0.0701. The van der Waals surface area contributed by atoms with Crippen molar-refractivity contribution in [1.82, 2.24) is 5.32 Å². The van der Waals surface area contributed by atoms with Crippen molar-refractivity contribution in [3.63, 3.8) is 0 Å². The van der Waals surface area contributed by atoms with Crippen molar-refractivity contribution < 1.29 is 14.3 Å². The van der Waals surface area contributed by atoms with E-state index in [2.05, 4.69) is 5.32 Å². The number of carbonyl (C=O) groups is 1. The molecule has 2 N–H and O–H groups in total. The summed E-state index contributed by atoms with van der Waals surface area (Å²) in [5.74, 6) is -0.0797. The van der Waals surface area contributed by atoms with Crippen molar-refractivity contribution in [3.05, 3.63) is 35.6 Å². The highest BCUT2D eigenvalue weighted by Gasteiger charge is 2.30. The van der Waals surface area contributed by atoms with E-state index < -0.39 is 0 Å². The minimum atomic E-state index is -0.268. The summed E-state index contributed by atoms with van der Waals surface area (Å²) in [5, 5.41) is 12.4. The lowest BCUT2D eigenvalue weighted by atomic mass is 9.79. The summed E-state index contributed by atoms with van der Waals surface area (Å²) in [6.45, 7) is 0.683. The second kappa shape index (κ2) is 5.38. The van der Waals surface area contributed by atoms with Crippen LogP contribution in [0.2, 0.25) is 0 Å². The summed E-state index contributed by atoms with van der Waals surface area (Å²) in [7, 11) is 0. The molecule has 0 radical (unpaired) electrons. The van der Waals surface area contributed by atoms with Crippen LogP contribution in [0, 0.1) is 11.7 Å². The third kappa shape index (κ3) is 2.70. The maximum atomic E-state index is 12.9. The van der Waals surface area contributed by atoms with Gasteiger partial charge in [0.2, 0.25) is 0 Å². The lowest BCUT2D eigenvalue weighted by Crippen LogP contribution is -2.45. The van der Waals surface area contributed by atoms with Gasteiger partial charge in [-0.1, -0.05) is 12.1 Å². The van der Waals surface area contributed by atoms with Crippen LogP contribution in [0.3, 0.4) is 0 Å². The number of hydrogen-bond donors (Lipinski definition) is 2. The van der Waals surface area contributed by atoms with Gasteiger partial charge in [-0.25, -0.2) is 4.39 Å². The molecule has 0 amide bonds. The highest BCUT2D eigenvalue weighted by molar-refractivity contribution is 5.58. The molecule has 0 bridgehead atoms. The molecule has 1 fully saturated rings. The Morgan fingerprint density at radius 3 is 2.71 bits per heavy atom. The van der Waals surface area contributed by atoms with Gasteiger partial charge in [-0.05, 0) is 30.0 Å². The summed E-state index contributed by atoms with van der Waals surface area (Å²) in [6, 6.07) is 6.13. The van der Waals surface area contributed by atoms with E-state index in [0.717, 1.165) is 11.8 Å². The lowest BCUT2D eigenvalue weighted by Gasteiger charge is -2.34. The number of aldehydes is 1. The fourth-order valence-electron chi connectivity index (χ4n) is 2.41. The molecule has 1 aromatic rings. The Morgan fingerprint density at radius 1 is 1.41 bits per heavy atom. The highest BCUT2D eigenvalue weighted by Crippen LogP contribution is 2.31. The van der Waals surface area contributed by atoms with Gasteiger partial charge in [0.1, 0.15) is 12.1 Å². The van der Waals surface area contributed by atoms with Crippen LogP contribution in [0.1, 0.15) is 17.9 Å². The molecule has 0 aliphatic carbocycles. The van der Waals surface area contributed by atoms with Gasteiger partial charge in [0, 0.05) is 19.1 Å². The van der Waals surface area contributed by atoms with Crippen molar-refractivity contribution in [2.75, 3.05) is 13.2 Å². The molecule has 0 spiro atoms. The zero-order valence-corrected chi connectivity index (χ0v) is 9.47. The molecule has 1 heterocycles. The van der Waals surface area contributed by atoms with E-state index in [1.165, 1.54) is 12.1 Å². The normalized spacial score (nSPS) is 28.9. The van der Waals surface area contributed by atoms with Crippen LogP contribution >= 0.6 is 0 Å². The van der Waals surface area contributed by atoms with E-state index in [-0.39, 0.29) is 30.3 Å². The third-order valence-corrected chi connectivity index (χ3v) is 3.42. The second-order valence-electron chi connectivity index (χ2n) is 4.49. The number of aliphatic hydroxyl groups excluding tert-OH is 1. The van der Waals surface area contributed by atoms with Crippen LogP contribution in [0.4, 0.5) is 4.39 Å². The van der Waals surface area contributed by atoms with Crippen molar-refractivity contribution >= 4 is 6.29 Å².